The normalized spacial score (nSPS) is 11.4. The average molecular weight is 400 g/mol. The Morgan fingerprint density at radius 1 is 0.931 bits per heavy atom. The highest BCUT2D eigenvalue weighted by Gasteiger charge is 2.24. The van der Waals surface area contributed by atoms with Gasteiger partial charge in [0.15, 0.2) is 11.5 Å². The Morgan fingerprint density at radius 3 is 2.34 bits per heavy atom. The molecule has 0 aliphatic heterocycles. The van der Waals surface area contributed by atoms with Crippen molar-refractivity contribution in [1.82, 2.24) is 5.32 Å². The first-order chi connectivity index (χ1) is 13.7. The number of benzene rings is 2. The molecule has 0 spiro atoms. The van der Waals surface area contributed by atoms with Crippen molar-refractivity contribution in [3.05, 3.63) is 53.1 Å². The smallest absolute Gasteiger partial charge is 0.251 e. The van der Waals surface area contributed by atoms with Crippen LogP contribution in [0.3, 0.4) is 0 Å². The van der Waals surface area contributed by atoms with Crippen LogP contribution in [0.5, 0.6) is 17.2 Å². The summed E-state index contributed by atoms with van der Waals surface area (Å²) in [5.74, 6) is -0.303. The number of unbranched alkanes of at least 4 members (excludes halogenated alkanes) is 3. The minimum absolute atomic E-state index is 0.160. The number of aromatic hydroxyl groups is 3. The lowest BCUT2D eigenvalue weighted by Crippen LogP contribution is -2.26. The molecule has 0 radical (unpaired) electrons. The minimum atomic E-state index is -0.211. The molecule has 5 nitrogen and oxygen atoms in total. The summed E-state index contributed by atoms with van der Waals surface area (Å²) >= 11 is 0. The van der Waals surface area contributed by atoms with Crippen LogP contribution >= 0.6 is 0 Å². The van der Waals surface area contributed by atoms with Gasteiger partial charge in [-0.2, -0.15) is 0 Å². The highest BCUT2D eigenvalue weighted by atomic mass is 16.3. The van der Waals surface area contributed by atoms with Crippen LogP contribution in [-0.2, 0) is 11.8 Å². The Balaban J connectivity index is 1.99. The zero-order valence-electron chi connectivity index (χ0n) is 17.7. The van der Waals surface area contributed by atoms with Crippen LogP contribution in [0.1, 0.15) is 74.4 Å². The molecule has 5 heteroatoms. The van der Waals surface area contributed by atoms with Crippen molar-refractivity contribution < 1.29 is 20.1 Å². The maximum atomic E-state index is 12.6. The monoisotopic (exact) mass is 399 g/mol. The predicted octanol–water partition coefficient (Wildman–Crippen LogP) is 5.02. The molecule has 2 aromatic carbocycles. The van der Waals surface area contributed by atoms with Crippen LogP contribution in [0.2, 0.25) is 0 Å². The lowest BCUT2D eigenvalue weighted by molar-refractivity contribution is 0.0954. The lowest BCUT2D eigenvalue weighted by atomic mass is 9.79. The van der Waals surface area contributed by atoms with Gasteiger partial charge < -0.3 is 20.6 Å². The molecular formula is C24H33NO4. The molecule has 0 bridgehead atoms. The van der Waals surface area contributed by atoms with E-state index in [0.29, 0.717) is 18.5 Å². The number of phenolic OH excluding ortho intramolecular Hbond substituents is 3. The summed E-state index contributed by atoms with van der Waals surface area (Å²) in [4.78, 5) is 12.6. The van der Waals surface area contributed by atoms with Crippen molar-refractivity contribution >= 4 is 5.91 Å². The van der Waals surface area contributed by atoms with Crippen molar-refractivity contribution in [2.24, 2.45) is 0 Å². The molecule has 29 heavy (non-hydrogen) atoms. The second-order valence-electron chi connectivity index (χ2n) is 8.26. The van der Waals surface area contributed by atoms with Crippen molar-refractivity contribution in [3.63, 3.8) is 0 Å². The molecule has 2 aromatic rings. The van der Waals surface area contributed by atoms with Crippen LogP contribution in [-0.4, -0.2) is 27.8 Å². The molecule has 0 aliphatic rings. The number of rotatable bonds is 10. The molecule has 0 aromatic heterocycles. The van der Waals surface area contributed by atoms with Crippen LogP contribution in [0, 0.1) is 0 Å². The molecule has 0 aliphatic carbocycles. The highest BCUT2D eigenvalue weighted by molar-refractivity contribution is 5.94. The summed E-state index contributed by atoms with van der Waals surface area (Å²) in [6.07, 6.45) is 6.15. The van der Waals surface area contributed by atoms with Crippen LogP contribution in [0.25, 0.3) is 0 Å². The fourth-order valence-corrected chi connectivity index (χ4v) is 3.49. The number of hydrogen-bond donors (Lipinski definition) is 4. The van der Waals surface area contributed by atoms with Crippen LogP contribution in [0.4, 0.5) is 0 Å². The van der Waals surface area contributed by atoms with E-state index >= 15 is 0 Å². The van der Waals surface area contributed by atoms with E-state index in [0.717, 1.165) is 24.0 Å². The van der Waals surface area contributed by atoms with Gasteiger partial charge in [0, 0.05) is 17.7 Å². The molecule has 0 saturated heterocycles. The fraction of sp³-hybridized carbons (Fsp3) is 0.458. The third-order valence-electron chi connectivity index (χ3n) is 5.38. The zero-order chi connectivity index (χ0) is 21.4. The summed E-state index contributed by atoms with van der Waals surface area (Å²) in [5.41, 5.74) is 1.93. The summed E-state index contributed by atoms with van der Waals surface area (Å²) in [6, 6.07) is 9.64. The van der Waals surface area contributed by atoms with Gasteiger partial charge in [0.05, 0.1) is 0 Å². The lowest BCUT2D eigenvalue weighted by Gasteiger charge is -2.26. The van der Waals surface area contributed by atoms with E-state index in [9.17, 15) is 20.1 Å². The molecule has 0 atom stereocenters. The van der Waals surface area contributed by atoms with Gasteiger partial charge in [-0.1, -0.05) is 52.5 Å². The van der Waals surface area contributed by atoms with Gasteiger partial charge in [0.2, 0.25) is 0 Å². The Bertz CT molecular complexity index is 830. The number of carbonyl (C=O) groups excluding carboxylic acids is 1. The zero-order valence-corrected chi connectivity index (χ0v) is 17.7. The first-order valence-electron chi connectivity index (χ1n) is 10.4. The molecular weight excluding hydrogens is 366 g/mol. The molecule has 4 N–H and O–H groups in total. The average Bonchev–Trinajstić information content (AvgIpc) is 2.68. The topological polar surface area (TPSA) is 89.8 Å². The standard InChI is InChI=1S/C24H33NO4/c1-4-5-6-7-13-24(2,3)19-16-18(9-11-20(19)26)23(29)25-14-12-17-8-10-21(27)22(28)15-17/h8-11,15-16,26-28H,4-7,12-14H2,1-3H3,(H,25,29). The molecule has 2 rings (SSSR count). The van der Waals surface area contributed by atoms with E-state index in [1.807, 2.05) is 0 Å². The van der Waals surface area contributed by atoms with E-state index < -0.39 is 0 Å². The largest absolute Gasteiger partial charge is 0.508 e. The summed E-state index contributed by atoms with van der Waals surface area (Å²) < 4.78 is 0. The minimum Gasteiger partial charge on any atom is -0.508 e. The Labute approximate surface area is 173 Å². The third kappa shape index (κ3) is 6.41. The number of carbonyl (C=O) groups is 1. The van der Waals surface area contributed by atoms with Crippen molar-refractivity contribution in [2.75, 3.05) is 6.54 Å². The molecule has 0 unspecified atom stereocenters. The molecule has 0 fully saturated rings. The number of hydrogen-bond acceptors (Lipinski definition) is 4. The second-order valence-corrected chi connectivity index (χ2v) is 8.26. The van der Waals surface area contributed by atoms with Gasteiger partial charge >= 0.3 is 0 Å². The first kappa shape index (κ1) is 22.6. The molecule has 0 heterocycles. The summed E-state index contributed by atoms with van der Waals surface area (Å²) in [6.45, 7) is 6.79. The number of amides is 1. The fourth-order valence-electron chi connectivity index (χ4n) is 3.49. The predicted molar refractivity (Wildman–Crippen MR) is 116 cm³/mol. The number of phenols is 3. The van der Waals surface area contributed by atoms with E-state index in [2.05, 4.69) is 26.1 Å². The maximum Gasteiger partial charge on any atom is 0.251 e. The second kappa shape index (κ2) is 10.2. The summed E-state index contributed by atoms with van der Waals surface area (Å²) in [7, 11) is 0. The molecule has 158 valence electrons. The molecule has 0 saturated carbocycles. The van der Waals surface area contributed by atoms with E-state index in [-0.39, 0.29) is 28.6 Å². The van der Waals surface area contributed by atoms with Gasteiger partial charge in [-0.05, 0) is 54.2 Å². The van der Waals surface area contributed by atoms with Gasteiger partial charge in [0.1, 0.15) is 5.75 Å². The van der Waals surface area contributed by atoms with E-state index in [1.54, 1.807) is 24.3 Å². The van der Waals surface area contributed by atoms with Gasteiger partial charge in [-0.3, -0.25) is 4.79 Å². The SMILES string of the molecule is CCCCCCC(C)(C)c1cc(C(=O)NCCc2ccc(O)c(O)c2)ccc1O. The van der Waals surface area contributed by atoms with E-state index in [4.69, 9.17) is 0 Å². The summed E-state index contributed by atoms with van der Waals surface area (Å²) in [5, 5.41) is 32.1. The van der Waals surface area contributed by atoms with Crippen molar-refractivity contribution in [2.45, 2.75) is 64.7 Å². The van der Waals surface area contributed by atoms with E-state index in [1.165, 1.54) is 31.4 Å². The maximum absolute atomic E-state index is 12.6. The van der Waals surface area contributed by atoms with Gasteiger partial charge in [0.25, 0.3) is 5.91 Å². The van der Waals surface area contributed by atoms with Crippen LogP contribution in [0.15, 0.2) is 36.4 Å². The Morgan fingerprint density at radius 2 is 1.66 bits per heavy atom. The Kier molecular flexibility index (Phi) is 7.94. The number of nitrogens with one attached hydrogen (secondary N) is 1. The van der Waals surface area contributed by atoms with Gasteiger partial charge in [-0.15, -0.1) is 0 Å². The molecule has 1 amide bonds. The van der Waals surface area contributed by atoms with Crippen molar-refractivity contribution in [3.8, 4) is 17.2 Å². The van der Waals surface area contributed by atoms with Crippen LogP contribution < -0.4 is 5.32 Å². The first-order valence-corrected chi connectivity index (χ1v) is 10.4. The van der Waals surface area contributed by atoms with Crippen molar-refractivity contribution in [1.29, 1.82) is 0 Å². The highest BCUT2D eigenvalue weighted by Crippen LogP contribution is 2.36. The van der Waals surface area contributed by atoms with Gasteiger partial charge in [-0.25, -0.2) is 0 Å². The third-order valence-corrected chi connectivity index (χ3v) is 5.38. The Hall–Kier alpha value is -2.69. The quantitative estimate of drug-likeness (QED) is 0.333.